The van der Waals surface area contributed by atoms with Gasteiger partial charge in [-0.2, -0.15) is 0 Å². The second-order valence-electron chi connectivity index (χ2n) is 4.28. The second kappa shape index (κ2) is 4.65. The standard InChI is InChI=1S/C11H16N2O3/c1-8-5-12-16-10(8)11(15)13-4-2-3-9(6-13)7-14/h5,9,14H,2-4,6-7H2,1H3. The first-order valence-electron chi connectivity index (χ1n) is 5.53. The van der Waals surface area contributed by atoms with E-state index < -0.39 is 0 Å². The molecule has 1 aliphatic heterocycles. The predicted molar refractivity (Wildman–Crippen MR) is 57.0 cm³/mol. The van der Waals surface area contributed by atoms with Gasteiger partial charge in [-0.1, -0.05) is 5.16 Å². The van der Waals surface area contributed by atoms with Crippen LogP contribution in [0, 0.1) is 12.8 Å². The zero-order valence-electron chi connectivity index (χ0n) is 9.35. The topological polar surface area (TPSA) is 66.6 Å². The minimum Gasteiger partial charge on any atom is -0.396 e. The number of nitrogens with zero attached hydrogens (tertiary/aromatic N) is 2. The van der Waals surface area contributed by atoms with Crippen LogP contribution in [-0.2, 0) is 0 Å². The van der Waals surface area contributed by atoms with Gasteiger partial charge in [-0.25, -0.2) is 0 Å². The van der Waals surface area contributed by atoms with Crippen molar-refractivity contribution in [2.45, 2.75) is 19.8 Å². The predicted octanol–water partition coefficient (Wildman–Crippen LogP) is 0.828. The van der Waals surface area contributed by atoms with Crippen LogP contribution in [0.25, 0.3) is 0 Å². The van der Waals surface area contributed by atoms with Gasteiger partial charge in [0.15, 0.2) is 0 Å². The molecule has 1 N–H and O–H groups in total. The van der Waals surface area contributed by atoms with Gasteiger partial charge < -0.3 is 14.5 Å². The van der Waals surface area contributed by atoms with Crippen LogP contribution in [0.15, 0.2) is 10.7 Å². The third-order valence-electron chi connectivity index (χ3n) is 3.01. The highest BCUT2D eigenvalue weighted by Gasteiger charge is 2.27. The van der Waals surface area contributed by atoms with E-state index in [0.717, 1.165) is 24.9 Å². The number of aliphatic hydroxyl groups excluding tert-OH is 1. The lowest BCUT2D eigenvalue weighted by molar-refractivity contribution is 0.0580. The van der Waals surface area contributed by atoms with Crippen molar-refractivity contribution in [2.75, 3.05) is 19.7 Å². The Morgan fingerprint density at radius 3 is 3.19 bits per heavy atom. The molecule has 16 heavy (non-hydrogen) atoms. The van der Waals surface area contributed by atoms with E-state index in [4.69, 9.17) is 9.63 Å². The number of amides is 1. The highest BCUT2D eigenvalue weighted by Crippen LogP contribution is 2.19. The maximum absolute atomic E-state index is 12.1. The van der Waals surface area contributed by atoms with E-state index in [1.807, 2.05) is 0 Å². The van der Waals surface area contributed by atoms with Crippen molar-refractivity contribution in [3.05, 3.63) is 17.5 Å². The number of aliphatic hydroxyl groups is 1. The molecule has 0 aliphatic carbocycles. The maximum Gasteiger partial charge on any atom is 0.292 e. The van der Waals surface area contributed by atoms with Gasteiger partial charge in [-0.3, -0.25) is 4.79 Å². The molecule has 2 rings (SSSR count). The van der Waals surface area contributed by atoms with Crippen molar-refractivity contribution < 1.29 is 14.4 Å². The molecule has 0 spiro atoms. The Balaban J connectivity index is 2.07. The smallest absolute Gasteiger partial charge is 0.292 e. The van der Waals surface area contributed by atoms with Crippen molar-refractivity contribution in [1.29, 1.82) is 0 Å². The van der Waals surface area contributed by atoms with Crippen molar-refractivity contribution in [3.8, 4) is 0 Å². The molecule has 1 aromatic rings. The highest BCUT2D eigenvalue weighted by molar-refractivity contribution is 5.92. The molecule has 1 fully saturated rings. The fourth-order valence-corrected chi connectivity index (χ4v) is 2.04. The lowest BCUT2D eigenvalue weighted by atomic mass is 9.99. The van der Waals surface area contributed by atoms with E-state index in [1.165, 1.54) is 0 Å². The van der Waals surface area contributed by atoms with Crippen LogP contribution in [0.5, 0.6) is 0 Å². The van der Waals surface area contributed by atoms with Crippen LogP contribution in [0.2, 0.25) is 0 Å². The van der Waals surface area contributed by atoms with Gasteiger partial charge in [-0.15, -0.1) is 0 Å². The average molecular weight is 224 g/mol. The Hall–Kier alpha value is -1.36. The van der Waals surface area contributed by atoms with Gasteiger partial charge in [0.2, 0.25) is 5.76 Å². The molecule has 2 heterocycles. The van der Waals surface area contributed by atoms with Crippen LogP contribution in [-0.4, -0.2) is 40.8 Å². The van der Waals surface area contributed by atoms with Gasteiger partial charge >= 0.3 is 0 Å². The summed E-state index contributed by atoms with van der Waals surface area (Å²) in [5, 5.41) is 12.7. The number of carbonyl (C=O) groups is 1. The zero-order valence-corrected chi connectivity index (χ0v) is 9.35. The Labute approximate surface area is 94.0 Å². The Bertz CT molecular complexity index is 375. The zero-order chi connectivity index (χ0) is 11.5. The first-order chi connectivity index (χ1) is 7.72. The number of hydrogen-bond donors (Lipinski definition) is 1. The largest absolute Gasteiger partial charge is 0.396 e. The molecule has 0 radical (unpaired) electrons. The molecular weight excluding hydrogens is 208 g/mol. The summed E-state index contributed by atoms with van der Waals surface area (Å²) in [7, 11) is 0. The number of piperidine rings is 1. The molecule has 1 atom stereocenters. The Morgan fingerprint density at radius 1 is 1.75 bits per heavy atom. The normalized spacial score (nSPS) is 21.1. The molecule has 1 amide bonds. The third-order valence-corrected chi connectivity index (χ3v) is 3.01. The summed E-state index contributed by atoms with van der Waals surface area (Å²) in [6, 6.07) is 0. The van der Waals surface area contributed by atoms with Crippen LogP contribution in [0.4, 0.5) is 0 Å². The summed E-state index contributed by atoms with van der Waals surface area (Å²) in [4.78, 5) is 13.8. The number of aromatic nitrogens is 1. The SMILES string of the molecule is Cc1cnoc1C(=O)N1CCCC(CO)C1. The van der Waals surface area contributed by atoms with E-state index in [-0.39, 0.29) is 18.4 Å². The molecule has 0 saturated carbocycles. The summed E-state index contributed by atoms with van der Waals surface area (Å²) in [6.45, 7) is 3.28. The Morgan fingerprint density at radius 2 is 2.56 bits per heavy atom. The summed E-state index contributed by atoms with van der Waals surface area (Å²) < 4.78 is 4.94. The van der Waals surface area contributed by atoms with Gasteiger partial charge in [-0.05, 0) is 25.7 Å². The van der Waals surface area contributed by atoms with Gasteiger partial charge in [0, 0.05) is 25.3 Å². The summed E-state index contributed by atoms with van der Waals surface area (Å²) >= 11 is 0. The minimum atomic E-state index is -0.117. The van der Waals surface area contributed by atoms with E-state index in [0.29, 0.717) is 12.3 Å². The molecule has 1 unspecified atom stereocenters. The van der Waals surface area contributed by atoms with Crippen molar-refractivity contribution >= 4 is 5.91 Å². The van der Waals surface area contributed by atoms with E-state index in [9.17, 15) is 4.79 Å². The van der Waals surface area contributed by atoms with Gasteiger partial charge in [0.05, 0.1) is 6.20 Å². The van der Waals surface area contributed by atoms with Crippen molar-refractivity contribution in [2.24, 2.45) is 5.92 Å². The monoisotopic (exact) mass is 224 g/mol. The number of aryl methyl sites for hydroxylation is 1. The maximum atomic E-state index is 12.1. The first-order valence-corrected chi connectivity index (χ1v) is 5.53. The summed E-state index contributed by atoms with van der Waals surface area (Å²) in [6.07, 6.45) is 3.46. The van der Waals surface area contributed by atoms with E-state index >= 15 is 0 Å². The molecule has 5 nitrogen and oxygen atoms in total. The average Bonchev–Trinajstić information content (AvgIpc) is 2.74. The molecule has 88 valence electrons. The van der Waals surface area contributed by atoms with Gasteiger partial charge in [0.25, 0.3) is 5.91 Å². The number of hydrogen-bond acceptors (Lipinski definition) is 4. The van der Waals surface area contributed by atoms with Crippen LogP contribution in [0.3, 0.4) is 0 Å². The lowest BCUT2D eigenvalue weighted by Crippen LogP contribution is -2.41. The lowest BCUT2D eigenvalue weighted by Gasteiger charge is -2.31. The van der Waals surface area contributed by atoms with Crippen molar-refractivity contribution in [1.82, 2.24) is 10.1 Å². The summed E-state index contributed by atoms with van der Waals surface area (Å²) in [5.41, 5.74) is 0.760. The first kappa shape index (κ1) is 11.1. The highest BCUT2D eigenvalue weighted by atomic mass is 16.5. The van der Waals surface area contributed by atoms with Crippen LogP contribution < -0.4 is 0 Å². The Kier molecular flexibility index (Phi) is 3.24. The quantitative estimate of drug-likeness (QED) is 0.808. The van der Waals surface area contributed by atoms with Crippen LogP contribution in [0.1, 0.15) is 29.0 Å². The molecule has 0 aromatic carbocycles. The molecule has 1 saturated heterocycles. The third kappa shape index (κ3) is 2.09. The molecular formula is C11H16N2O3. The second-order valence-corrected chi connectivity index (χ2v) is 4.28. The van der Waals surface area contributed by atoms with Crippen LogP contribution >= 0.6 is 0 Å². The molecule has 0 bridgehead atoms. The fraction of sp³-hybridized carbons (Fsp3) is 0.636. The van der Waals surface area contributed by atoms with Crippen molar-refractivity contribution in [3.63, 3.8) is 0 Å². The van der Waals surface area contributed by atoms with Gasteiger partial charge in [0.1, 0.15) is 0 Å². The molecule has 1 aliphatic rings. The van der Waals surface area contributed by atoms with E-state index in [2.05, 4.69) is 5.16 Å². The van der Waals surface area contributed by atoms with E-state index in [1.54, 1.807) is 18.0 Å². The number of likely N-dealkylation sites (tertiary alicyclic amines) is 1. The molecule has 1 aromatic heterocycles. The molecule has 5 heteroatoms. The number of carbonyl (C=O) groups excluding carboxylic acids is 1. The summed E-state index contributed by atoms with van der Waals surface area (Å²) in [5.74, 6) is 0.396. The minimum absolute atomic E-state index is 0.117. The number of rotatable bonds is 2. The fourth-order valence-electron chi connectivity index (χ4n) is 2.04.